The molecule has 0 fully saturated rings. The summed E-state index contributed by atoms with van der Waals surface area (Å²) in [6.45, 7) is 4.99. The molecule has 5 heteroatoms. The fourth-order valence-corrected chi connectivity index (χ4v) is 2.26. The van der Waals surface area contributed by atoms with Gasteiger partial charge in [-0.15, -0.1) is 0 Å². The van der Waals surface area contributed by atoms with Gasteiger partial charge in [0.15, 0.2) is 0 Å². The van der Waals surface area contributed by atoms with Crippen LogP contribution >= 0.6 is 0 Å². The molecule has 0 saturated carbocycles. The molecule has 2 rings (SSSR count). The van der Waals surface area contributed by atoms with Crippen LogP contribution in [0, 0.1) is 11.8 Å². The number of rotatable bonds is 6. The third kappa shape index (κ3) is 3.92. The Bertz CT molecular complexity index is 578. The summed E-state index contributed by atoms with van der Waals surface area (Å²) in [5.41, 5.74) is 7.54. The van der Waals surface area contributed by atoms with Gasteiger partial charge in [0.05, 0.1) is 12.5 Å². The summed E-state index contributed by atoms with van der Waals surface area (Å²) in [5, 5.41) is 7.19. The molecule has 1 aromatic carbocycles. The van der Waals surface area contributed by atoms with Gasteiger partial charge in [0.1, 0.15) is 0 Å². The number of carbonyl (C=O) groups excluding carboxylic acids is 1. The standard InChI is InChI=1S/C16H22N4O/c1-12(2)14(10-17)16(21)19-15-7-4-3-6-13(15)11-20-9-5-8-18-20/h3-9,12,14H,10-11,17H2,1-2H3,(H,19,21). The van der Waals surface area contributed by atoms with Gasteiger partial charge in [-0.3, -0.25) is 9.48 Å². The number of benzene rings is 1. The number of nitrogens with zero attached hydrogens (tertiary/aromatic N) is 2. The SMILES string of the molecule is CC(C)C(CN)C(=O)Nc1ccccc1Cn1cccn1. The number of nitrogens with two attached hydrogens (primary N) is 1. The monoisotopic (exact) mass is 286 g/mol. The first-order chi connectivity index (χ1) is 10.1. The average molecular weight is 286 g/mol. The van der Waals surface area contributed by atoms with Crippen molar-refractivity contribution in [2.24, 2.45) is 17.6 Å². The maximum atomic E-state index is 12.3. The van der Waals surface area contributed by atoms with E-state index in [9.17, 15) is 4.79 Å². The number of anilines is 1. The van der Waals surface area contributed by atoms with Crippen molar-refractivity contribution in [3.8, 4) is 0 Å². The third-order valence-electron chi connectivity index (χ3n) is 3.56. The highest BCUT2D eigenvalue weighted by molar-refractivity contribution is 5.93. The van der Waals surface area contributed by atoms with Crippen LogP contribution in [0.15, 0.2) is 42.7 Å². The Balaban J connectivity index is 2.14. The van der Waals surface area contributed by atoms with E-state index in [0.29, 0.717) is 13.1 Å². The van der Waals surface area contributed by atoms with Crippen molar-refractivity contribution in [1.82, 2.24) is 9.78 Å². The van der Waals surface area contributed by atoms with Gasteiger partial charge in [-0.05, 0) is 23.6 Å². The van der Waals surface area contributed by atoms with Crippen LogP contribution in [-0.4, -0.2) is 22.2 Å². The predicted octanol–water partition coefficient (Wildman–Crippen LogP) is 2.10. The van der Waals surface area contributed by atoms with Gasteiger partial charge in [-0.25, -0.2) is 0 Å². The van der Waals surface area contributed by atoms with Crippen molar-refractivity contribution in [2.45, 2.75) is 20.4 Å². The first kappa shape index (κ1) is 15.3. The van der Waals surface area contributed by atoms with E-state index in [-0.39, 0.29) is 17.7 Å². The lowest BCUT2D eigenvalue weighted by molar-refractivity contribution is -0.120. The molecule has 0 radical (unpaired) electrons. The first-order valence-corrected chi connectivity index (χ1v) is 7.18. The zero-order valence-electron chi connectivity index (χ0n) is 12.5. The summed E-state index contributed by atoms with van der Waals surface area (Å²) in [4.78, 5) is 12.3. The van der Waals surface area contributed by atoms with Gasteiger partial charge in [0.2, 0.25) is 5.91 Å². The topological polar surface area (TPSA) is 72.9 Å². The van der Waals surface area contributed by atoms with Crippen molar-refractivity contribution in [2.75, 3.05) is 11.9 Å². The number of carbonyl (C=O) groups is 1. The number of hydrogen-bond donors (Lipinski definition) is 2. The van der Waals surface area contributed by atoms with E-state index in [1.54, 1.807) is 6.20 Å². The highest BCUT2D eigenvalue weighted by atomic mass is 16.1. The van der Waals surface area contributed by atoms with Crippen LogP contribution < -0.4 is 11.1 Å². The van der Waals surface area contributed by atoms with Crippen molar-refractivity contribution < 1.29 is 4.79 Å². The van der Waals surface area contributed by atoms with Crippen LogP contribution in [0.25, 0.3) is 0 Å². The molecule has 5 nitrogen and oxygen atoms in total. The zero-order valence-corrected chi connectivity index (χ0v) is 12.5. The molecule has 2 aromatic rings. The molecular weight excluding hydrogens is 264 g/mol. The Labute approximate surface area is 125 Å². The largest absolute Gasteiger partial charge is 0.330 e. The summed E-state index contributed by atoms with van der Waals surface area (Å²) in [6, 6.07) is 9.64. The Morgan fingerprint density at radius 3 is 2.71 bits per heavy atom. The number of aromatic nitrogens is 2. The minimum Gasteiger partial charge on any atom is -0.330 e. The van der Waals surface area contributed by atoms with Crippen LogP contribution in [0.1, 0.15) is 19.4 Å². The van der Waals surface area contributed by atoms with Crippen LogP contribution in [0.5, 0.6) is 0 Å². The van der Waals surface area contributed by atoms with Crippen molar-refractivity contribution >= 4 is 11.6 Å². The average Bonchev–Trinajstić information content (AvgIpc) is 2.94. The van der Waals surface area contributed by atoms with E-state index in [4.69, 9.17) is 5.73 Å². The molecule has 0 aliphatic heterocycles. The third-order valence-corrected chi connectivity index (χ3v) is 3.56. The molecule has 0 aliphatic rings. The van der Waals surface area contributed by atoms with Gasteiger partial charge in [-0.2, -0.15) is 5.10 Å². The molecule has 0 saturated heterocycles. The minimum atomic E-state index is -0.178. The second kappa shape index (κ2) is 7.04. The summed E-state index contributed by atoms with van der Waals surface area (Å²) in [6.07, 6.45) is 3.64. The Morgan fingerprint density at radius 1 is 1.33 bits per heavy atom. The zero-order chi connectivity index (χ0) is 15.2. The van der Waals surface area contributed by atoms with Crippen LogP contribution in [0.3, 0.4) is 0 Å². The second-order valence-corrected chi connectivity index (χ2v) is 5.44. The van der Waals surface area contributed by atoms with E-state index in [2.05, 4.69) is 10.4 Å². The highest BCUT2D eigenvalue weighted by Crippen LogP contribution is 2.19. The minimum absolute atomic E-state index is 0.0274. The van der Waals surface area contributed by atoms with Crippen molar-refractivity contribution in [3.05, 3.63) is 48.3 Å². The predicted molar refractivity (Wildman–Crippen MR) is 83.8 cm³/mol. The fourth-order valence-electron chi connectivity index (χ4n) is 2.26. The molecule has 0 spiro atoms. The molecule has 1 aromatic heterocycles. The lowest BCUT2D eigenvalue weighted by Gasteiger charge is -2.19. The van der Waals surface area contributed by atoms with Crippen molar-refractivity contribution in [1.29, 1.82) is 0 Å². The number of nitrogens with one attached hydrogen (secondary N) is 1. The molecule has 0 aliphatic carbocycles. The smallest absolute Gasteiger partial charge is 0.229 e. The Hall–Kier alpha value is -2.14. The van der Waals surface area contributed by atoms with Gasteiger partial charge in [0.25, 0.3) is 0 Å². The fraction of sp³-hybridized carbons (Fsp3) is 0.375. The summed E-state index contributed by atoms with van der Waals surface area (Å²) < 4.78 is 1.83. The van der Waals surface area contributed by atoms with E-state index in [1.165, 1.54) is 0 Å². The van der Waals surface area contributed by atoms with Crippen LogP contribution in [-0.2, 0) is 11.3 Å². The second-order valence-electron chi connectivity index (χ2n) is 5.44. The van der Waals surface area contributed by atoms with Gasteiger partial charge in [-0.1, -0.05) is 32.0 Å². The van der Waals surface area contributed by atoms with E-state index >= 15 is 0 Å². The molecule has 21 heavy (non-hydrogen) atoms. The molecule has 112 valence electrons. The van der Waals surface area contributed by atoms with Gasteiger partial charge in [0, 0.05) is 24.6 Å². The molecule has 3 N–H and O–H groups in total. The molecule has 1 amide bonds. The normalized spacial score (nSPS) is 12.4. The first-order valence-electron chi connectivity index (χ1n) is 7.18. The van der Waals surface area contributed by atoms with Gasteiger partial charge >= 0.3 is 0 Å². The van der Waals surface area contributed by atoms with E-state index < -0.39 is 0 Å². The lowest BCUT2D eigenvalue weighted by atomic mass is 9.95. The quantitative estimate of drug-likeness (QED) is 0.854. The van der Waals surface area contributed by atoms with Crippen LogP contribution in [0.4, 0.5) is 5.69 Å². The molecule has 0 bridgehead atoms. The summed E-state index contributed by atoms with van der Waals surface area (Å²) in [5.74, 6) is 0.0106. The van der Waals surface area contributed by atoms with Crippen LogP contribution in [0.2, 0.25) is 0 Å². The molecular formula is C16H22N4O. The summed E-state index contributed by atoms with van der Waals surface area (Å²) >= 11 is 0. The molecule has 1 heterocycles. The summed E-state index contributed by atoms with van der Waals surface area (Å²) in [7, 11) is 0. The Morgan fingerprint density at radius 2 is 2.10 bits per heavy atom. The van der Waals surface area contributed by atoms with E-state index in [0.717, 1.165) is 11.3 Å². The number of amides is 1. The lowest BCUT2D eigenvalue weighted by Crippen LogP contribution is -2.33. The number of hydrogen-bond acceptors (Lipinski definition) is 3. The van der Waals surface area contributed by atoms with Gasteiger partial charge < -0.3 is 11.1 Å². The van der Waals surface area contributed by atoms with E-state index in [1.807, 2.05) is 55.1 Å². The Kier molecular flexibility index (Phi) is 5.11. The maximum absolute atomic E-state index is 12.3. The molecule has 1 unspecified atom stereocenters. The molecule has 1 atom stereocenters. The maximum Gasteiger partial charge on any atom is 0.229 e. The van der Waals surface area contributed by atoms with Crippen molar-refractivity contribution in [3.63, 3.8) is 0 Å². The number of para-hydroxylation sites is 1. The highest BCUT2D eigenvalue weighted by Gasteiger charge is 2.21.